The zero-order valence-corrected chi connectivity index (χ0v) is 24.9. The smallest absolute Gasteiger partial charge is 0.224 e. The van der Waals surface area contributed by atoms with Crippen LogP contribution in [0.5, 0.6) is 0 Å². The Balaban J connectivity index is 1.40. The minimum atomic E-state index is -0.530. The van der Waals surface area contributed by atoms with Crippen LogP contribution in [0, 0.1) is 23.2 Å². The molecular formula is C36H40N4O2. The number of nitrogens with one attached hydrogen (secondary N) is 1. The van der Waals surface area contributed by atoms with Crippen LogP contribution in [0.4, 0.5) is 11.4 Å². The second kappa shape index (κ2) is 9.16. The van der Waals surface area contributed by atoms with Crippen LogP contribution in [0.3, 0.4) is 0 Å². The second-order valence-corrected chi connectivity index (χ2v) is 14.7. The average molecular weight is 561 g/mol. The lowest BCUT2D eigenvalue weighted by Gasteiger charge is -2.56. The van der Waals surface area contributed by atoms with Gasteiger partial charge in [-0.2, -0.15) is 5.10 Å². The number of carbonyl (C=O) groups excluding carboxylic acids is 2. The molecule has 0 saturated heterocycles. The van der Waals surface area contributed by atoms with Gasteiger partial charge in [-0.3, -0.25) is 14.5 Å². The summed E-state index contributed by atoms with van der Waals surface area (Å²) < 4.78 is 2.02. The highest BCUT2D eigenvalue weighted by atomic mass is 16.2. The SMILES string of the molecule is CC(=O)N1c2ccccc2NC2=C(C(=O)CC(C)(C)C2)[C@@H]1c1cn(-c2ccccc2)nc1C12CC3CC(CC(C3)C1)C2. The summed E-state index contributed by atoms with van der Waals surface area (Å²) in [4.78, 5) is 29.9. The number of amides is 1. The van der Waals surface area contributed by atoms with Gasteiger partial charge in [-0.15, -0.1) is 0 Å². The average Bonchev–Trinajstić information content (AvgIpc) is 3.32. The molecule has 2 aromatic carbocycles. The Morgan fingerprint density at radius 2 is 1.55 bits per heavy atom. The fourth-order valence-corrected chi connectivity index (χ4v) is 9.74. The van der Waals surface area contributed by atoms with Gasteiger partial charge in [0.2, 0.25) is 5.91 Å². The van der Waals surface area contributed by atoms with E-state index in [4.69, 9.17) is 5.10 Å². The highest BCUT2D eigenvalue weighted by Gasteiger charge is 2.55. The number of aromatic nitrogens is 2. The fraction of sp³-hybridized carbons (Fsp3) is 0.472. The number of carbonyl (C=O) groups is 2. The molecule has 2 heterocycles. The van der Waals surface area contributed by atoms with Crippen LogP contribution in [0.25, 0.3) is 5.69 Å². The Morgan fingerprint density at radius 3 is 2.21 bits per heavy atom. The van der Waals surface area contributed by atoms with Crippen molar-refractivity contribution >= 4 is 23.1 Å². The van der Waals surface area contributed by atoms with Crippen LogP contribution in [-0.4, -0.2) is 21.5 Å². The Hall–Kier alpha value is -3.67. The lowest BCUT2D eigenvalue weighted by molar-refractivity contribution is -0.118. The number of ketones is 1. The Morgan fingerprint density at radius 1 is 0.905 bits per heavy atom. The molecule has 0 radical (unpaired) electrons. The first-order valence-corrected chi connectivity index (χ1v) is 15.8. The molecule has 1 atom stereocenters. The maximum atomic E-state index is 14.3. The van der Waals surface area contributed by atoms with Gasteiger partial charge in [0.1, 0.15) is 0 Å². The maximum absolute atomic E-state index is 14.3. The Labute approximate surface area is 248 Å². The molecule has 1 N–H and O–H groups in total. The van der Waals surface area contributed by atoms with Crippen LogP contribution < -0.4 is 10.2 Å². The number of nitrogens with zero attached hydrogens (tertiary/aromatic N) is 3. The summed E-state index contributed by atoms with van der Waals surface area (Å²) >= 11 is 0. The first-order valence-electron chi connectivity index (χ1n) is 15.8. The van der Waals surface area contributed by atoms with E-state index in [0.29, 0.717) is 6.42 Å². The normalized spacial score (nSPS) is 30.9. The van der Waals surface area contributed by atoms with E-state index in [1.54, 1.807) is 6.92 Å². The van der Waals surface area contributed by atoms with Gasteiger partial charge >= 0.3 is 0 Å². The fourth-order valence-electron chi connectivity index (χ4n) is 9.74. The minimum absolute atomic E-state index is 0.0104. The molecule has 4 bridgehead atoms. The minimum Gasteiger partial charge on any atom is -0.357 e. The molecular weight excluding hydrogens is 520 g/mol. The van der Waals surface area contributed by atoms with E-state index in [2.05, 4.69) is 37.5 Å². The number of rotatable bonds is 3. The summed E-state index contributed by atoms with van der Waals surface area (Å²) in [7, 11) is 0. The molecule has 6 heteroatoms. The number of benzene rings is 2. The summed E-state index contributed by atoms with van der Waals surface area (Å²) in [5.41, 5.74) is 6.34. The van der Waals surface area contributed by atoms with Crippen molar-refractivity contribution in [2.45, 2.75) is 83.6 Å². The molecule has 0 spiro atoms. The number of anilines is 2. The lowest BCUT2D eigenvalue weighted by atomic mass is 9.48. The predicted octanol–water partition coefficient (Wildman–Crippen LogP) is 7.50. The molecule has 4 saturated carbocycles. The third-order valence-corrected chi connectivity index (χ3v) is 10.8. The Bertz CT molecular complexity index is 1600. The van der Waals surface area contributed by atoms with E-state index in [9.17, 15) is 9.59 Å². The highest BCUT2D eigenvalue weighted by molar-refractivity contribution is 6.06. The van der Waals surface area contributed by atoms with Crippen molar-refractivity contribution < 1.29 is 9.59 Å². The molecule has 9 rings (SSSR count). The van der Waals surface area contributed by atoms with Crippen molar-refractivity contribution in [2.24, 2.45) is 23.2 Å². The predicted molar refractivity (Wildman–Crippen MR) is 164 cm³/mol. The van der Waals surface area contributed by atoms with Crippen LogP contribution in [0.15, 0.2) is 72.1 Å². The van der Waals surface area contributed by atoms with Crippen LogP contribution in [0.1, 0.15) is 89.4 Å². The van der Waals surface area contributed by atoms with Gasteiger partial charge in [0.15, 0.2) is 5.78 Å². The van der Waals surface area contributed by atoms with E-state index in [-0.39, 0.29) is 22.5 Å². The molecule has 216 valence electrons. The maximum Gasteiger partial charge on any atom is 0.224 e. The van der Waals surface area contributed by atoms with Crippen LogP contribution in [-0.2, 0) is 15.0 Å². The Kier molecular flexibility index (Phi) is 5.67. The number of hydrogen-bond acceptors (Lipinski definition) is 4. The molecule has 4 fully saturated rings. The number of hydrogen-bond donors (Lipinski definition) is 1. The highest BCUT2D eigenvalue weighted by Crippen LogP contribution is 2.62. The van der Waals surface area contributed by atoms with Gasteiger partial charge in [0.05, 0.1) is 28.8 Å². The van der Waals surface area contributed by atoms with Crippen molar-refractivity contribution in [3.05, 3.63) is 83.3 Å². The number of allylic oxidation sites excluding steroid dienone is 1. The zero-order valence-electron chi connectivity index (χ0n) is 24.9. The monoisotopic (exact) mass is 560 g/mol. The summed E-state index contributed by atoms with van der Waals surface area (Å²) in [5, 5.41) is 9.10. The van der Waals surface area contributed by atoms with E-state index in [0.717, 1.165) is 83.0 Å². The van der Waals surface area contributed by atoms with Gasteiger partial charge in [-0.25, -0.2) is 4.68 Å². The topological polar surface area (TPSA) is 67.2 Å². The number of para-hydroxylation sites is 3. The standard InChI is InChI=1S/C36H40N4O2/c1-22(41)40-30-12-8-7-11-28(30)37-29-19-35(2,3)20-31(42)32(29)33(40)27-21-39(26-9-5-4-6-10-26)38-34(27)36-16-23-13-24(17-36)15-25(14-23)18-36/h4-12,21,23-25,33,37H,13-20H2,1-3H3/t23?,24?,25?,33-,36?/m0/s1. The molecule has 0 unspecified atom stereocenters. The molecule has 42 heavy (non-hydrogen) atoms. The lowest BCUT2D eigenvalue weighted by Crippen LogP contribution is -2.49. The molecule has 6 aliphatic rings. The third-order valence-electron chi connectivity index (χ3n) is 10.8. The summed E-state index contributed by atoms with van der Waals surface area (Å²) in [6.07, 6.45) is 10.9. The first-order chi connectivity index (χ1) is 20.2. The van der Waals surface area contributed by atoms with Gasteiger partial charge in [-0.1, -0.05) is 44.2 Å². The molecule has 5 aliphatic carbocycles. The van der Waals surface area contributed by atoms with Crippen LogP contribution in [0.2, 0.25) is 0 Å². The number of Topliss-reactive ketones (excluding diaryl/α,β-unsaturated/α-hetero) is 1. The van der Waals surface area contributed by atoms with Crippen molar-refractivity contribution in [3.8, 4) is 5.69 Å². The van der Waals surface area contributed by atoms with E-state index >= 15 is 0 Å². The molecule has 3 aromatic rings. The molecule has 1 aromatic heterocycles. The largest absolute Gasteiger partial charge is 0.357 e. The molecule has 1 amide bonds. The second-order valence-electron chi connectivity index (χ2n) is 14.7. The van der Waals surface area contributed by atoms with Gasteiger partial charge in [0, 0.05) is 41.8 Å². The van der Waals surface area contributed by atoms with Crippen molar-refractivity contribution in [1.29, 1.82) is 0 Å². The van der Waals surface area contributed by atoms with Gasteiger partial charge < -0.3 is 5.32 Å². The van der Waals surface area contributed by atoms with Crippen LogP contribution >= 0.6 is 0 Å². The molecule has 1 aliphatic heterocycles. The number of fused-ring (bicyclic) bond motifs is 1. The summed E-state index contributed by atoms with van der Waals surface area (Å²) in [6.45, 7) is 5.97. The third kappa shape index (κ3) is 4.01. The first kappa shape index (κ1) is 26.0. The van der Waals surface area contributed by atoms with Crippen molar-refractivity contribution in [2.75, 3.05) is 10.2 Å². The van der Waals surface area contributed by atoms with Crippen molar-refractivity contribution in [3.63, 3.8) is 0 Å². The zero-order chi connectivity index (χ0) is 28.8. The van der Waals surface area contributed by atoms with Crippen molar-refractivity contribution in [1.82, 2.24) is 9.78 Å². The van der Waals surface area contributed by atoms with E-state index < -0.39 is 6.04 Å². The summed E-state index contributed by atoms with van der Waals surface area (Å²) in [5.74, 6) is 2.31. The molecule has 6 nitrogen and oxygen atoms in total. The van der Waals surface area contributed by atoms with Gasteiger partial charge in [-0.05, 0) is 92.4 Å². The summed E-state index contributed by atoms with van der Waals surface area (Å²) in [6, 6.07) is 17.8. The van der Waals surface area contributed by atoms with E-state index in [1.165, 1.54) is 19.3 Å². The van der Waals surface area contributed by atoms with Gasteiger partial charge in [0.25, 0.3) is 0 Å². The van der Waals surface area contributed by atoms with E-state index in [1.807, 2.05) is 52.0 Å². The quantitative estimate of drug-likeness (QED) is 0.360.